The second-order valence-electron chi connectivity index (χ2n) is 5.61. The molecule has 0 aliphatic heterocycles. The number of carboxylic acid groups (broad SMARTS) is 1. The minimum atomic E-state index is -0.947. The number of phenols is 1. The summed E-state index contributed by atoms with van der Waals surface area (Å²) in [5.74, 6) is -2.35. The number of carbonyl (C=O) groups is 2. The van der Waals surface area contributed by atoms with E-state index >= 15 is 0 Å². The highest BCUT2D eigenvalue weighted by molar-refractivity contribution is 5.99. The molecule has 0 aromatic heterocycles. The van der Waals surface area contributed by atoms with Gasteiger partial charge in [0.25, 0.3) is 0 Å². The maximum absolute atomic E-state index is 12.0. The molecule has 19 heavy (non-hydrogen) atoms. The first kappa shape index (κ1) is 13.4. The van der Waals surface area contributed by atoms with Crippen molar-refractivity contribution in [2.75, 3.05) is 5.32 Å². The van der Waals surface area contributed by atoms with E-state index in [1.54, 1.807) is 32.9 Å². The van der Waals surface area contributed by atoms with Crippen LogP contribution in [-0.2, 0) is 9.59 Å². The summed E-state index contributed by atoms with van der Waals surface area (Å²) in [4.78, 5) is 23.1. The quantitative estimate of drug-likeness (QED) is 0.778. The summed E-state index contributed by atoms with van der Waals surface area (Å²) < 4.78 is 0. The Labute approximate surface area is 111 Å². The number of aryl methyl sites for hydroxylation is 1. The largest absolute Gasteiger partial charge is 0.508 e. The second kappa shape index (κ2) is 4.26. The van der Waals surface area contributed by atoms with Gasteiger partial charge in [-0.1, -0.05) is 19.9 Å². The molecule has 1 aromatic rings. The first-order valence-corrected chi connectivity index (χ1v) is 6.08. The zero-order valence-corrected chi connectivity index (χ0v) is 11.1. The highest BCUT2D eigenvalue weighted by Gasteiger charge is 2.65. The van der Waals surface area contributed by atoms with Gasteiger partial charge in [0.2, 0.25) is 5.91 Å². The Morgan fingerprint density at radius 2 is 1.89 bits per heavy atom. The molecule has 0 heterocycles. The number of amides is 1. The number of rotatable bonds is 3. The summed E-state index contributed by atoms with van der Waals surface area (Å²) in [6.45, 7) is 5.29. The standard InChI is InChI=1S/C14H17NO4/c1-7-4-5-8(6-9(7)16)15-12(17)10-11(13(18)19)14(10,2)3/h4-6,10-11,16H,1-3H3,(H,15,17)(H,18,19)/t10-,11+/m1/s1. The Hall–Kier alpha value is -2.04. The maximum atomic E-state index is 12.0. The summed E-state index contributed by atoms with van der Waals surface area (Å²) in [6, 6.07) is 4.83. The number of aromatic hydroxyl groups is 1. The lowest BCUT2D eigenvalue weighted by atomic mass is 10.1. The molecule has 1 aromatic carbocycles. The van der Waals surface area contributed by atoms with Crippen LogP contribution in [0.3, 0.4) is 0 Å². The first-order chi connectivity index (χ1) is 8.75. The smallest absolute Gasteiger partial charge is 0.307 e. The van der Waals surface area contributed by atoms with Crippen molar-refractivity contribution in [1.82, 2.24) is 0 Å². The summed E-state index contributed by atoms with van der Waals surface area (Å²) >= 11 is 0. The highest BCUT2D eigenvalue weighted by Crippen LogP contribution is 2.58. The predicted molar refractivity (Wildman–Crippen MR) is 69.9 cm³/mol. The van der Waals surface area contributed by atoms with E-state index in [0.717, 1.165) is 0 Å². The average molecular weight is 263 g/mol. The van der Waals surface area contributed by atoms with Crippen LogP contribution in [0.1, 0.15) is 19.4 Å². The Balaban J connectivity index is 2.10. The molecule has 1 fully saturated rings. The van der Waals surface area contributed by atoms with Crippen molar-refractivity contribution in [2.45, 2.75) is 20.8 Å². The van der Waals surface area contributed by atoms with Gasteiger partial charge in [0.05, 0.1) is 11.8 Å². The molecule has 0 radical (unpaired) electrons. The monoisotopic (exact) mass is 263 g/mol. The first-order valence-electron chi connectivity index (χ1n) is 6.08. The number of hydrogen-bond donors (Lipinski definition) is 3. The topological polar surface area (TPSA) is 86.6 Å². The number of benzene rings is 1. The maximum Gasteiger partial charge on any atom is 0.307 e. The van der Waals surface area contributed by atoms with Crippen LogP contribution in [0.15, 0.2) is 18.2 Å². The third kappa shape index (κ3) is 2.28. The molecule has 2 atom stereocenters. The molecule has 0 unspecified atom stereocenters. The molecule has 0 saturated heterocycles. The molecule has 1 aliphatic rings. The number of carboxylic acids is 1. The van der Waals surface area contributed by atoms with Gasteiger partial charge in [0, 0.05) is 11.8 Å². The van der Waals surface area contributed by atoms with Crippen LogP contribution in [0, 0.1) is 24.2 Å². The van der Waals surface area contributed by atoms with Crippen molar-refractivity contribution >= 4 is 17.6 Å². The van der Waals surface area contributed by atoms with Crippen molar-refractivity contribution in [3.63, 3.8) is 0 Å². The van der Waals surface area contributed by atoms with Gasteiger partial charge in [-0.15, -0.1) is 0 Å². The molecule has 3 N–H and O–H groups in total. The number of nitrogens with one attached hydrogen (secondary N) is 1. The Morgan fingerprint density at radius 3 is 2.37 bits per heavy atom. The lowest BCUT2D eigenvalue weighted by Crippen LogP contribution is -2.17. The summed E-state index contributed by atoms with van der Waals surface area (Å²) in [5, 5.41) is 21.2. The van der Waals surface area contributed by atoms with Gasteiger partial charge < -0.3 is 15.5 Å². The van der Waals surface area contributed by atoms with Crippen LogP contribution >= 0.6 is 0 Å². The van der Waals surface area contributed by atoms with Crippen molar-refractivity contribution in [2.24, 2.45) is 17.3 Å². The average Bonchev–Trinajstić information content (AvgIpc) is 2.87. The third-order valence-corrected chi connectivity index (χ3v) is 3.85. The number of anilines is 1. The summed E-state index contributed by atoms with van der Waals surface area (Å²) in [7, 11) is 0. The predicted octanol–water partition coefficient (Wildman–Crippen LogP) is 2.00. The van der Waals surface area contributed by atoms with Crippen LogP contribution in [0.25, 0.3) is 0 Å². The van der Waals surface area contributed by atoms with E-state index in [2.05, 4.69) is 5.32 Å². The summed E-state index contributed by atoms with van der Waals surface area (Å²) in [5.41, 5.74) is 0.663. The zero-order chi connectivity index (χ0) is 14.4. The van der Waals surface area contributed by atoms with E-state index in [4.69, 9.17) is 5.11 Å². The van der Waals surface area contributed by atoms with E-state index in [9.17, 15) is 14.7 Å². The molecule has 5 nitrogen and oxygen atoms in total. The lowest BCUT2D eigenvalue weighted by molar-refractivity contribution is -0.140. The second-order valence-corrected chi connectivity index (χ2v) is 5.61. The number of carbonyl (C=O) groups excluding carboxylic acids is 1. The van der Waals surface area contributed by atoms with E-state index in [1.165, 1.54) is 6.07 Å². The highest BCUT2D eigenvalue weighted by atomic mass is 16.4. The van der Waals surface area contributed by atoms with Crippen LogP contribution < -0.4 is 5.32 Å². The molecule has 5 heteroatoms. The van der Waals surface area contributed by atoms with E-state index in [0.29, 0.717) is 11.3 Å². The fourth-order valence-corrected chi connectivity index (χ4v) is 2.50. The molecule has 0 bridgehead atoms. The van der Waals surface area contributed by atoms with E-state index in [1.807, 2.05) is 0 Å². The lowest BCUT2D eigenvalue weighted by Gasteiger charge is -2.07. The van der Waals surface area contributed by atoms with Gasteiger partial charge in [-0.2, -0.15) is 0 Å². The van der Waals surface area contributed by atoms with Gasteiger partial charge >= 0.3 is 5.97 Å². The van der Waals surface area contributed by atoms with Crippen molar-refractivity contribution in [3.05, 3.63) is 23.8 Å². The SMILES string of the molecule is Cc1ccc(NC(=O)[C@H]2[C@@H](C(=O)O)C2(C)C)cc1O. The molecule has 1 amide bonds. The molecule has 102 valence electrons. The van der Waals surface area contributed by atoms with Crippen LogP contribution in [-0.4, -0.2) is 22.1 Å². The third-order valence-electron chi connectivity index (χ3n) is 3.85. The van der Waals surface area contributed by atoms with Crippen molar-refractivity contribution < 1.29 is 19.8 Å². The zero-order valence-electron chi connectivity index (χ0n) is 11.1. The van der Waals surface area contributed by atoms with Crippen LogP contribution in [0.2, 0.25) is 0 Å². The van der Waals surface area contributed by atoms with Crippen LogP contribution in [0.4, 0.5) is 5.69 Å². The number of phenolic OH excluding ortho intramolecular Hbond substituents is 1. The van der Waals surface area contributed by atoms with E-state index < -0.39 is 23.2 Å². The number of hydrogen-bond acceptors (Lipinski definition) is 3. The molecule has 0 spiro atoms. The minimum Gasteiger partial charge on any atom is -0.508 e. The van der Waals surface area contributed by atoms with Gasteiger partial charge in [0.15, 0.2) is 0 Å². The Bertz CT molecular complexity index is 550. The normalized spacial score (nSPS) is 23.7. The molecule has 1 saturated carbocycles. The number of aliphatic carboxylic acids is 1. The Kier molecular flexibility index (Phi) is 3.00. The van der Waals surface area contributed by atoms with Gasteiger partial charge in [0.1, 0.15) is 5.75 Å². The van der Waals surface area contributed by atoms with Crippen molar-refractivity contribution in [3.8, 4) is 5.75 Å². The molecule has 1 aliphatic carbocycles. The summed E-state index contributed by atoms with van der Waals surface area (Å²) in [6.07, 6.45) is 0. The van der Waals surface area contributed by atoms with E-state index in [-0.39, 0.29) is 11.7 Å². The Morgan fingerprint density at radius 1 is 1.26 bits per heavy atom. The van der Waals surface area contributed by atoms with Crippen molar-refractivity contribution in [1.29, 1.82) is 0 Å². The molecular weight excluding hydrogens is 246 g/mol. The van der Waals surface area contributed by atoms with Gasteiger partial charge in [-0.3, -0.25) is 9.59 Å². The fraction of sp³-hybridized carbons (Fsp3) is 0.429. The molecular formula is C14H17NO4. The van der Waals surface area contributed by atoms with Crippen LogP contribution in [0.5, 0.6) is 5.75 Å². The fourth-order valence-electron chi connectivity index (χ4n) is 2.50. The minimum absolute atomic E-state index is 0.0997. The van der Waals surface area contributed by atoms with Gasteiger partial charge in [-0.05, 0) is 24.0 Å². The van der Waals surface area contributed by atoms with Gasteiger partial charge in [-0.25, -0.2) is 0 Å². The molecule has 2 rings (SSSR count).